The molecule has 0 saturated heterocycles. The lowest BCUT2D eigenvalue weighted by Crippen LogP contribution is -2.42. The monoisotopic (exact) mass is 585 g/mol. The van der Waals surface area contributed by atoms with E-state index in [0.29, 0.717) is 21.8 Å². The second kappa shape index (κ2) is 12.4. The standard InChI is InChI=1S/C31H25F2N5O3S/c1-20-3-7-24(8-4-20)30(39)40-19-41-31(16-38-18-35-17-36-38,26-12-11-25(32)13-27(26)33)21(2)29-37-28(15-42-29)23-9-5-22(14-34)6-10-23/h3-13,15,17-18,21H,16,19H2,1-2H3/t21-,31+/m0/s1. The first-order valence-corrected chi connectivity index (χ1v) is 13.8. The second-order valence-corrected chi connectivity index (χ2v) is 10.5. The van der Waals surface area contributed by atoms with Crippen molar-refractivity contribution in [2.45, 2.75) is 31.9 Å². The molecular weight excluding hydrogens is 560 g/mol. The van der Waals surface area contributed by atoms with Gasteiger partial charge in [0.15, 0.2) is 6.79 Å². The van der Waals surface area contributed by atoms with Gasteiger partial charge in [-0.05, 0) is 37.3 Å². The number of aromatic nitrogens is 4. The number of hydrogen-bond donors (Lipinski definition) is 0. The maximum Gasteiger partial charge on any atom is 0.340 e. The lowest BCUT2D eigenvalue weighted by atomic mass is 9.81. The fourth-order valence-corrected chi connectivity index (χ4v) is 5.55. The molecule has 0 bridgehead atoms. The molecule has 2 aromatic heterocycles. The predicted molar refractivity (Wildman–Crippen MR) is 151 cm³/mol. The van der Waals surface area contributed by atoms with Crippen molar-refractivity contribution in [1.29, 1.82) is 5.26 Å². The van der Waals surface area contributed by atoms with Crippen molar-refractivity contribution in [2.75, 3.05) is 6.79 Å². The molecule has 0 aliphatic rings. The molecule has 0 saturated carbocycles. The summed E-state index contributed by atoms with van der Waals surface area (Å²) in [6.45, 7) is 3.13. The highest BCUT2D eigenvalue weighted by Crippen LogP contribution is 2.44. The summed E-state index contributed by atoms with van der Waals surface area (Å²) in [6.07, 6.45) is 2.79. The molecule has 0 N–H and O–H groups in total. The van der Waals surface area contributed by atoms with Crippen molar-refractivity contribution in [3.63, 3.8) is 0 Å². The van der Waals surface area contributed by atoms with E-state index in [1.807, 2.05) is 19.2 Å². The third-order valence-corrected chi connectivity index (χ3v) is 7.97. The van der Waals surface area contributed by atoms with Gasteiger partial charge < -0.3 is 9.47 Å². The first-order valence-electron chi connectivity index (χ1n) is 12.9. The molecule has 5 rings (SSSR count). The maximum atomic E-state index is 15.6. The highest BCUT2D eigenvalue weighted by molar-refractivity contribution is 7.10. The molecule has 42 heavy (non-hydrogen) atoms. The molecule has 2 heterocycles. The number of benzene rings is 3. The fraction of sp³-hybridized carbons (Fsp3) is 0.194. The summed E-state index contributed by atoms with van der Waals surface area (Å²) >= 11 is 1.34. The number of halogens is 2. The smallest absolute Gasteiger partial charge is 0.340 e. The zero-order chi connectivity index (χ0) is 29.7. The Morgan fingerprint density at radius 2 is 1.88 bits per heavy atom. The first-order chi connectivity index (χ1) is 20.3. The van der Waals surface area contributed by atoms with Gasteiger partial charge in [0, 0.05) is 28.5 Å². The number of thiazole rings is 1. The Morgan fingerprint density at radius 3 is 2.55 bits per heavy atom. The number of carbonyl (C=O) groups is 1. The minimum absolute atomic E-state index is 0.0356. The molecule has 2 atom stereocenters. The Balaban J connectivity index is 1.53. The Hall–Kier alpha value is -4.79. The molecule has 5 aromatic rings. The van der Waals surface area contributed by atoms with Gasteiger partial charge in [-0.15, -0.1) is 11.3 Å². The van der Waals surface area contributed by atoms with Gasteiger partial charge in [0.2, 0.25) is 0 Å². The highest BCUT2D eigenvalue weighted by Gasteiger charge is 2.45. The van der Waals surface area contributed by atoms with Gasteiger partial charge >= 0.3 is 5.97 Å². The van der Waals surface area contributed by atoms with Gasteiger partial charge in [0.05, 0.1) is 34.4 Å². The quantitative estimate of drug-likeness (QED) is 0.138. The van der Waals surface area contributed by atoms with Gasteiger partial charge in [-0.1, -0.05) is 42.8 Å². The van der Waals surface area contributed by atoms with Crippen LogP contribution < -0.4 is 0 Å². The lowest BCUT2D eigenvalue weighted by Gasteiger charge is -2.38. The SMILES string of the molecule is Cc1ccc(C(=O)OCO[C@@](Cn2cncn2)(c2ccc(F)cc2F)[C@@H](C)c2nc(-c3ccc(C#N)cc3)cs2)cc1. The van der Waals surface area contributed by atoms with E-state index in [1.165, 1.54) is 34.7 Å². The molecule has 8 nitrogen and oxygen atoms in total. The maximum absolute atomic E-state index is 15.6. The van der Waals surface area contributed by atoms with Crippen LogP contribution >= 0.6 is 11.3 Å². The fourth-order valence-electron chi connectivity index (χ4n) is 4.59. The summed E-state index contributed by atoms with van der Waals surface area (Å²) in [7, 11) is 0. The van der Waals surface area contributed by atoms with Crippen LogP contribution in [0.1, 0.15) is 44.9 Å². The molecule has 0 aliphatic heterocycles. The van der Waals surface area contributed by atoms with E-state index in [1.54, 1.807) is 48.5 Å². The van der Waals surface area contributed by atoms with Gasteiger partial charge in [-0.2, -0.15) is 10.4 Å². The third-order valence-electron chi connectivity index (χ3n) is 6.95. The van der Waals surface area contributed by atoms with Crippen LogP contribution in [0.5, 0.6) is 0 Å². The molecule has 0 radical (unpaired) electrons. The first kappa shape index (κ1) is 28.7. The average molecular weight is 586 g/mol. The number of esters is 1. The van der Waals surface area contributed by atoms with Crippen molar-refractivity contribution in [3.05, 3.63) is 124 Å². The van der Waals surface area contributed by atoms with E-state index >= 15 is 4.39 Å². The number of nitrogens with zero attached hydrogens (tertiary/aromatic N) is 5. The molecule has 11 heteroatoms. The normalized spacial score (nSPS) is 13.2. The number of hydrogen-bond acceptors (Lipinski definition) is 8. The third kappa shape index (κ3) is 6.10. The number of carbonyl (C=O) groups excluding carboxylic acids is 1. The summed E-state index contributed by atoms with van der Waals surface area (Å²) in [6, 6.07) is 19.2. The molecule has 212 valence electrons. The molecule has 0 aliphatic carbocycles. The lowest BCUT2D eigenvalue weighted by molar-refractivity contribution is -0.148. The van der Waals surface area contributed by atoms with Gasteiger partial charge in [0.25, 0.3) is 0 Å². The molecule has 0 amide bonds. The molecule has 0 spiro atoms. The van der Waals surface area contributed by atoms with Crippen LogP contribution in [0.2, 0.25) is 0 Å². The predicted octanol–water partition coefficient (Wildman–Crippen LogP) is 6.39. The number of nitriles is 1. The van der Waals surface area contributed by atoms with E-state index in [-0.39, 0.29) is 12.1 Å². The van der Waals surface area contributed by atoms with Gasteiger partial charge in [0.1, 0.15) is 29.9 Å². The summed E-state index contributed by atoms with van der Waals surface area (Å²) in [5.74, 6) is -2.84. The van der Waals surface area contributed by atoms with Gasteiger partial charge in [-0.25, -0.2) is 28.2 Å². The summed E-state index contributed by atoms with van der Waals surface area (Å²) in [5.41, 5.74) is 1.78. The Morgan fingerprint density at radius 1 is 1.12 bits per heavy atom. The van der Waals surface area contributed by atoms with E-state index in [2.05, 4.69) is 16.2 Å². The van der Waals surface area contributed by atoms with Crippen molar-refractivity contribution in [2.24, 2.45) is 0 Å². The summed E-state index contributed by atoms with van der Waals surface area (Å²) in [5, 5.41) is 15.8. The summed E-state index contributed by atoms with van der Waals surface area (Å²) in [4.78, 5) is 21.6. The topological polar surface area (TPSA) is 103 Å². The van der Waals surface area contributed by atoms with Crippen molar-refractivity contribution in [3.8, 4) is 17.3 Å². The second-order valence-electron chi connectivity index (χ2n) is 9.65. The molecule has 0 fully saturated rings. The Labute approximate surface area is 244 Å². The van der Waals surface area contributed by atoms with Crippen LogP contribution in [0.4, 0.5) is 8.78 Å². The van der Waals surface area contributed by atoms with Crippen LogP contribution in [0.3, 0.4) is 0 Å². The molecule has 0 unspecified atom stereocenters. The number of ether oxygens (including phenoxy) is 2. The van der Waals surface area contributed by atoms with Crippen LogP contribution in [0.15, 0.2) is 84.8 Å². The average Bonchev–Trinajstić information content (AvgIpc) is 3.69. The summed E-state index contributed by atoms with van der Waals surface area (Å²) < 4.78 is 42.9. The van der Waals surface area contributed by atoms with E-state index < -0.39 is 35.9 Å². The van der Waals surface area contributed by atoms with Crippen molar-refractivity contribution < 1.29 is 23.0 Å². The molecular formula is C31H25F2N5O3S. The van der Waals surface area contributed by atoms with E-state index in [4.69, 9.17) is 19.7 Å². The Bertz CT molecular complexity index is 1720. The van der Waals surface area contributed by atoms with E-state index in [0.717, 1.165) is 23.3 Å². The zero-order valence-electron chi connectivity index (χ0n) is 22.7. The van der Waals surface area contributed by atoms with Crippen LogP contribution in [0, 0.1) is 29.9 Å². The van der Waals surface area contributed by atoms with Crippen molar-refractivity contribution in [1.82, 2.24) is 19.7 Å². The van der Waals surface area contributed by atoms with E-state index in [9.17, 15) is 9.18 Å². The highest BCUT2D eigenvalue weighted by atomic mass is 32.1. The van der Waals surface area contributed by atoms with Crippen molar-refractivity contribution >= 4 is 17.3 Å². The largest absolute Gasteiger partial charge is 0.435 e. The van der Waals surface area contributed by atoms with Gasteiger partial charge in [-0.3, -0.25) is 0 Å². The number of rotatable bonds is 10. The van der Waals surface area contributed by atoms with Crippen LogP contribution in [0.25, 0.3) is 11.3 Å². The minimum Gasteiger partial charge on any atom is -0.435 e. The Kier molecular flexibility index (Phi) is 8.47. The number of aryl methyl sites for hydroxylation is 1. The van der Waals surface area contributed by atoms with Crippen LogP contribution in [-0.4, -0.2) is 32.5 Å². The molecule has 3 aromatic carbocycles. The minimum atomic E-state index is -1.56. The van der Waals surface area contributed by atoms with Crippen LogP contribution in [-0.2, 0) is 21.6 Å². The zero-order valence-corrected chi connectivity index (χ0v) is 23.5.